The molecule has 0 spiro atoms. The molecular weight excluding hydrogens is 387 g/mol. The minimum absolute atomic E-state index is 0.0103. The predicted molar refractivity (Wildman–Crippen MR) is 107 cm³/mol. The first-order valence-corrected chi connectivity index (χ1v) is 10.0. The van der Waals surface area contributed by atoms with Crippen molar-refractivity contribution in [1.29, 1.82) is 0 Å². The Morgan fingerprint density at radius 2 is 1.77 bits per heavy atom. The van der Waals surface area contributed by atoms with Gasteiger partial charge in [0.05, 0.1) is 19.1 Å². The largest absolute Gasteiger partial charge is 0.467 e. The summed E-state index contributed by atoms with van der Waals surface area (Å²) in [6.07, 6.45) is 6.70. The molecule has 1 atom stereocenters. The topological polar surface area (TPSA) is 75.7 Å². The highest BCUT2D eigenvalue weighted by Crippen LogP contribution is 2.29. The Morgan fingerprint density at radius 1 is 1.03 bits per heavy atom. The molecule has 6 nitrogen and oxygen atoms in total. The van der Waals surface area contributed by atoms with Gasteiger partial charge in [0.1, 0.15) is 17.6 Å². The Labute approximate surface area is 173 Å². The van der Waals surface area contributed by atoms with Crippen molar-refractivity contribution in [1.82, 2.24) is 10.2 Å². The molecule has 4 rings (SSSR count). The number of hydrogen-bond acceptors (Lipinski definition) is 4. The minimum atomic E-state index is -1.17. The van der Waals surface area contributed by atoms with E-state index >= 15 is 0 Å². The minimum Gasteiger partial charge on any atom is -0.467 e. The number of nitrogens with zero attached hydrogens (tertiary/aromatic N) is 1. The summed E-state index contributed by atoms with van der Waals surface area (Å²) in [5.41, 5.74) is 0.124. The molecule has 0 radical (unpaired) electrons. The zero-order chi connectivity index (χ0) is 20.9. The smallest absolute Gasteiger partial charge is 0.290 e. The Balaban J connectivity index is 1.74. The lowest BCUT2D eigenvalue weighted by Crippen LogP contribution is -2.46. The highest BCUT2D eigenvalue weighted by atomic mass is 19.1. The van der Waals surface area contributed by atoms with Crippen LogP contribution < -0.4 is 5.32 Å². The van der Waals surface area contributed by atoms with Gasteiger partial charge in [0.15, 0.2) is 5.76 Å². The van der Waals surface area contributed by atoms with Crippen LogP contribution in [0, 0.1) is 5.82 Å². The summed E-state index contributed by atoms with van der Waals surface area (Å²) < 4.78 is 25.5. The van der Waals surface area contributed by atoms with Crippen LogP contribution in [-0.2, 0) is 11.3 Å². The van der Waals surface area contributed by atoms with Crippen molar-refractivity contribution in [3.05, 3.63) is 84.0 Å². The molecule has 1 aliphatic rings. The molecule has 1 saturated carbocycles. The third-order valence-electron chi connectivity index (χ3n) is 5.36. The first-order valence-electron chi connectivity index (χ1n) is 10.0. The average molecular weight is 410 g/mol. The van der Waals surface area contributed by atoms with Crippen LogP contribution in [0.1, 0.15) is 53.6 Å². The zero-order valence-electron chi connectivity index (χ0n) is 16.4. The maximum Gasteiger partial charge on any atom is 0.290 e. The van der Waals surface area contributed by atoms with Crippen molar-refractivity contribution < 1.29 is 22.8 Å². The van der Waals surface area contributed by atoms with Crippen molar-refractivity contribution >= 4 is 11.8 Å². The fraction of sp³-hybridized carbons (Fsp3) is 0.304. The number of amides is 2. The predicted octanol–water partition coefficient (Wildman–Crippen LogP) is 4.45. The number of hydrogen-bond donors (Lipinski definition) is 1. The molecule has 2 aromatic heterocycles. The van der Waals surface area contributed by atoms with Gasteiger partial charge in [-0.3, -0.25) is 9.59 Å². The number of carbonyl (C=O) groups excluding carboxylic acids is 2. The van der Waals surface area contributed by atoms with Crippen LogP contribution in [0.25, 0.3) is 0 Å². The molecule has 0 unspecified atom stereocenters. The second kappa shape index (κ2) is 8.98. The highest BCUT2D eigenvalue weighted by molar-refractivity contribution is 5.96. The van der Waals surface area contributed by atoms with Gasteiger partial charge in [-0.05, 0) is 43.2 Å². The maximum absolute atomic E-state index is 14.8. The number of benzene rings is 1. The van der Waals surface area contributed by atoms with Gasteiger partial charge in [0.25, 0.3) is 5.91 Å². The van der Waals surface area contributed by atoms with Crippen LogP contribution in [0.15, 0.2) is 69.9 Å². The fourth-order valence-electron chi connectivity index (χ4n) is 3.89. The quantitative estimate of drug-likeness (QED) is 0.624. The molecule has 30 heavy (non-hydrogen) atoms. The van der Waals surface area contributed by atoms with Crippen LogP contribution in [0.2, 0.25) is 0 Å². The number of carbonyl (C=O) groups is 2. The van der Waals surface area contributed by atoms with Crippen LogP contribution in [-0.4, -0.2) is 22.8 Å². The molecule has 0 bridgehead atoms. The van der Waals surface area contributed by atoms with E-state index in [0.717, 1.165) is 25.7 Å². The van der Waals surface area contributed by atoms with Gasteiger partial charge >= 0.3 is 0 Å². The van der Waals surface area contributed by atoms with Crippen molar-refractivity contribution in [2.24, 2.45) is 0 Å². The van der Waals surface area contributed by atoms with E-state index in [4.69, 9.17) is 8.83 Å². The number of nitrogens with one attached hydrogen (secondary N) is 1. The normalized spacial score (nSPS) is 15.1. The molecule has 0 saturated heterocycles. The summed E-state index contributed by atoms with van der Waals surface area (Å²) in [5, 5.41) is 3.00. The van der Waals surface area contributed by atoms with Gasteiger partial charge in [-0.25, -0.2) is 4.39 Å². The second-order valence-electron chi connectivity index (χ2n) is 7.40. The van der Waals surface area contributed by atoms with Gasteiger partial charge in [-0.2, -0.15) is 0 Å². The van der Waals surface area contributed by atoms with E-state index in [1.165, 1.54) is 35.6 Å². The fourth-order valence-corrected chi connectivity index (χ4v) is 3.89. The Bertz CT molecular complexity index is 979. The summed E-state index contributed by atoms with van der Waals surface area (Å²) in [6, 6.07) is 11.4. The monoisotopic (exact) mass is 410 g/mol. The third-order valence-corrected chi connectivity index (χ3v) is 5.36. The first-order chi connectivity index (χ1) is 14.6. The van der Waals surface area contributed by atoms with Crippen molar-refractivity contribution in [2.45, 2.75) is 44.3 Å². The summed E-state index contributed by atoms with van der Waals surface area (Å²) in [6.45, 7) is -0.0103. The number of halogens is 1. The molecule has 1 fully saturated rings. The lowest BCUT2D eigenvalue weighted by Gasteiger charge is -2.31. The molecule has 7 heteroatoms. The lowest BCUT2D eigenvalue weighted by atomic mass is 10.0. The summed E-state index contributed by atoms with van der Waals surface area (Å²) >= 11 is 0. The van der Waals surface area contributed by atoms with Gasteiger partial charge < -0.3 is 19.1 Å². The van der Waals surface area contributed by atoms with E-state index in [0.29, 0.717) is 5.76 Å². The SMILES string of the molecule is O=C(NC1CCCC1)[C@H](c1ccccc1F)N(Cc1ccco1)C(=O)c1ccco1. The third kappa shape index (κ3) is 4.30. The van der Waals surface area contributed by atoms with E-state index < -0.39 is 23.7 Å². The number of rotatable bonds is 7. The van der Waals surface area contributed by atoms with Crippen LogP contribution in [0.3, 0.4) is 0 Å². The molecule has 0 aliphatic heterocycles. The van der Waals surface area contributed by atoms with Gasteiger partial charge in [-0.15, -0.1) is 0 Å². The van der Waals surface area contributed by atoms with Crippen molar-refractivity contribution in [2.75, 3.05) is 0 Å². The highest BCUT2D eigenvalue weighted by Gasteiger charge is 2.36. The van der Waals surface area contributed by atoms with E-state index in [2.05, 4.69) is 5.32 Å². The Morgan fingerprint density at radius 3 is 2.43 bits per heavy atom. The van der Waals surface area contributed by atoms with E-state index in [9.17, 15) is 14.0 Å². The molecule has 156 valence electrons. The van der Waals surface area contributed by atoms with Crippen molar-refractivity contribution in [3.8, 4) is 0 Å². The van der Waals surface area contributed by atoms with E-state index in [1.807, 2.05) is 0 Å². The Hall–Kier alpha value is -3.35. The lowest BCUT2D eigenvalue weighted by molar-refractivity contribution is -0.127. The van der Waals surface area contributed by atoms with E-state index in [-0.39, 0.29) is 23.9 Å². The number of furan rings is 2. The molecule has 1 aromatic carbocycles. The van der Waals surface area contributed by atoms with Gasteiger partial charge in [0, 0.05) is 11.6 Å². The zero-order valence-corrected chi connectivity index (χ0v) is 16.4. The maximum atomic E-state index is 14.8. The first kappa shape index (κ1) is 19.9. The summed E-state index contributed by atoms with van der Waals surface area (Å²) in [7, 11) is 0. The summed E-state index contributed by atoms with van der Waals surface area (Å²) in [5.74, 6) is -0.952. The van der Waals surface area contributed by atoms with Crippen LogP contribution in [0.4, 0.5) is 4.39 Å². The van der Waals surface area contributed by atoms with Crippen LogP contribution >= 0.6 is 0 Å². The van der Waals surface area contributed by atoms with Crippen LogP contribution in [0.5, 0.6) is 0 Å². The average Bonchev–Trinajstić information content (AvgIpc) is 3.52. The molecule has 3 aromatic rings. The molecular formula is C23H23FN2O4. The van der Waals surface area contributed by atoms with Gasteiger partial charge in [-0.1, -0.05) is 31.0 Å². The van der Waals surface area contributed by atoms with Crippen molar-refractivity contribution in [3.63, 3.8) is 0 Å². The van der Waals surface area contributed by atoms with Gasteiger partial charge in [0.2, 0.25) is 5.91 Å². The van der Waals surface area contributed by atoms with E-state index in [1.54, 1.807) is 30.3 Å². The summed E-state index contributed by atoms with van der Waals surface area (Å²) in [4.78, 5) is 27.9. The molecule has 1 N–H and O–H groups in total. The molecule has 2 heterocycles. The second-order valence-corrected chi connectivity index (χ2v) is 7.40. The molecule has 2 amide bonds. The Kier molecular flexibility index (Phi) is 5.97. The molecule has 1 aliphatic carbocycles. The standard InChI is InChI=1S/C23H23FN2O4/c24-19-11-4-3-10-18(19)21(22(27)25-16-7-1-2-8-16)26(15-17-9-5-13-29-17)23(28)20-12-6-14-30-20/h3-6,9-14,16,21H,1-2,7-8,15H2,(H,25,27)/t21-/m0/s1.